The monoisotopic (exact) mass is 306 g/mol. The molecular formula is C11H12BrClO3. The van der Waals surface area contributed by atoms with Crippen molar-refractivity contribution >= 4 is 27.5 Å². The highest BCUT2D eigenvalue weighted by atomic mass is 79.9. The Hall–Kier alpha value is -0.450. The van der Waals surface area contributed by atoms with Gasteiger partial charge in [0.25, 0.3) is 0 Å². The molecule has 88 valence electrons. The van der Waals surface area contributed by atoms with Crippen molar-refractivity contribution in [1.82, 2.24) is 0 Å². The van der Waals surface area contributed by atoms with Crippen molar-refractivity contribution in [3.63, 3.8) is 0 Å². The van der Waals surface area contributed by atoms with Gasteiger partial charge >= 0.3 is 0 Å². The van der Waals surface area contributed by atoms with Crippen LogP contribution in [0.1, 0.15) is 18.4 Å². The Morgan fingerprint density at radius 2 is 1.88 bits per heavy atom. The number of aliphatic hydroxyl groups is 1. The summed E-state index contributed by atoms with van der Waals surface area (Å²) in [7, 11) is 3.09. The third-order valence-electron chi connectivity index (χ3n) is 2.74. The quantitative estimate of drug-likeness (QED) is 0.932. The first-order valence-corrected chi connectivity index (χ1v) is 6.03. The zero-order valence-corrected chi connectivity index (χ0v) is 11.4. The number of ether oxygens (including phenoxy) is 2. The summed E-state index contributed by atoms with van der Waals surface area (Å²) in [5.41, 5.74) is -0.229. The molecule has 0 saturated heterocycles. The van der Waals surface area contributed by atoms with Crippen molar-refractivity contribution in [2.75, 3.05) is 14.2 Å². The van der Waals surface area contributed by atoms with Crippen molar-refractivity contribution in [3.05, 3.63) is 21.1 Å². The van der Waals surface area contributed by atoms with Crippen molar-refractivity contribution < 1.29 is 14.6 Å². The molecule has 2 rings (SSSR count). The number of hydrogen-bond donors (Lipinski definition) is 1. The molecule has 0 spiro atoms. The summed E-state index contributed by atoms with van der Waals surface area (Å²) in [6.45, 7) is 0. The fourth-order valence-corrected chi connectivity index (χ4v) is 2.84. The molecule has 1 fully saturated rings. The molecule has 0 radical (unpaired) electrons. The average molecular weight is 308 g/mol. The van der Waals surface area contributed by atoms with Gasteiger partial charge in [-0.2, -0.15) is 0 Å². The molecule has 0 atom stereocenters. The molecule has 0 aliphatic heterocycles. The van der Waals surface area contributed by atoms with Crippen LogP contribution < -0.4 is 9.47 Å². The van der Waals surface area contributed by atoms with E-state index in [1.807, 2.05) is 0 Å². The van der Waals surface area contributed by atoms with E-state index in [4.69, 9.17) is 21.1 Å². The van der Waals surface area contributed by atoms with Crippen molar-refractivity contribution in [3.8, 4) is 11.5 Å². The standard InChI is InChI=1S/C11H12BrClO3/c1-15-9-6(12)5-7(13)8(10(9)16-2)11(14)3-4-11/h5,14H,3-4H2,1-2H3. The number of halogens is 2. The van der Waals surface area contributed by atoms with Crippen LogP contribution in [0.4, 0.5) is 0 Å². The Morgan fingerprint density at radius 1 is 1.31 bits per heavy atom. The fourth-order valence-electron chi connectivity index (χ4n) is 1.77. The molecule has 0 heterocycles. The van der Waals surface area contributed by atoms with Gasteiger partial charge in [-0.3, -0.25) is 0 Å². The van der Waals surface area contributed by atoms with E-state index in [0.29, 0.717) is 39.4 Å². The van der Waals surface area contributed by atoms with Crippen LogP contribution in [-0.4, -0.2) is 19.3 Å². The van der Waals surface area contributed by atoms with E-state index >= 15 is 0 Å². The first-order valence-electron chi connectivity index (χ1n) is 4.86. The van der Waals surface area contributed by atoms with Crippen molar-refractivity contribution in [1.29, 1.82) is 0 Å². The molecule has 0 amide bonds. The van der Waals surface area contributed by atoms with Crippen LogP contribution in [0.2, 0.25) is 5.02 Å². The third kappa shape index (κ3) is 1.79. The summed E-state index contributed by atoms with van der Waals surface area (Å²) in [4.78, 5) is 0. The van der Waals surface area contributed by atoms with Crippen LogP contribution in [0.3, 0.4) is 0 Å². The van der Waals surface area contributed by atoms with Crippen LogP contribution in [-0.2, 0) is 5.60 Å². The maximum atomic E-state index is 10.2. The van der Waals surface area contributed by atoms with Crippen LogP contribution >= 0.6 is 27.5 Å². The van der Waals surface area contributed by atoms with Crippen LogP contribution in [0, 0.1) is 0 Å². The van der Waals surface area contributed by atoms with Gasteiger partial charge in [-0.25, -0.2) is 0 Å². The summed E-state index contributed by atoms with van der Waals surface area (Å²) in [6, 6.07) is 1.72. The molecular weight excluding hydrogens is 295 g/mol. The van der Waals surface area contributed by atoms with E-state index in [9.17, 15) is 5.11 Å². The maximum Gasteiger partial charge on any atom is 0.175 e. The van der Waals surface area contributed by atoms with Crippen LogP contribution in [0.15, 0.2) is 10.5 Å². The molecule has 1 saturated carbocycles. The predicted octanol–water partition coefficient (Wildman–Crippen LogP) is 3.10. The van der Waals surface area contributed by atoms with Gasteiger partial charge < -0.3 is 14.6 Å². The second-order valence-corrected chi connectivity index (χ2v) is 5.07. The van der Waals surface area contributed by atoms with Gasteiger partial charge in [0.1, 0.15) is 0 Å². The second-order valence-electron chi connectivity index (χ2n) is 3.81. The highest BCUT2D eigenvalue weighted by Gasteiger charge is 2.47. The molecule has 5 heteroatoms. The van der Waals surface area contributed by atoms with Gasteiger partial charge in [-0.05, 0) is 34.8 Å². The lowest BCUT2D eigenvalue weighted by Crippen LogP contribution is -2.09. The summed E-state index contributed by atoms with van der Waals surface area (Å²) in [5.74, 6) is 1.06. The van der Waals surface area contributed by atoms with Gasteiger partial charge in [-0.15, -0.1) is 0 Å². The van der Waals surface area contributed by atoms with Gasteiger partial charge in [0.2, 0.25) is 0 Å². The van der Waals surface area contributed by atoms with E-state index in [-0.39, 0.29) is 0 Å². The summed E-state index contributed by atoms with van der Waals surface area (Å²) in [6.07, 6.45) is 1.40. The summed E-state index contributed by atoms with van der Waals surface area (Å²) >= 11 is 9.49. The van der Waals surface area contributed by atoms with E-state index in [1.165, 1.54) is 7.11 Å². The molecule has 1 aliphatic carbocycles. The van der Waals surface area contributed by atoms with E-state index < -0.39 is 5.60 Å². The molecule has 0 aromatic heterocycles. The normalized spacial score (nSPS) is 17.1. The highest BCUT2D eigenvalue weighted by molar-refractivity contribution is 9.10. The first kappa shape index (κ1) is 12.0. The lowest BCUT2D eigenvalue weighted by molar-refractivity contribution is 0.146. The van der Waals surface area contributed by atoms with Crippen LogP contribution in [0.25, 0.3) is 0 Å². The molecule has 3 nitrogen and oxygen atoms in total. The van der Waals surface area contributed by atoms with E-state index in [0.717, 1.165) is 0 Å². The summed E-state index contributed by atoms with van der Waals surface area (Å²) in [5, 5.41) is 10.7. The Bertz CT molecular complexity index is 430. The number of hydrogen-bond acceptors (Lipinski definition) is 3. The second kappa shape index (κ2) is 4.09. The molecule has 0 unspecified atom stereocenters. The minimum absolute atomic E-state index is 0.490. The molecule has 1 aliphatic rings. The molecule has 1 aromatic carbocycles. The zero-order valence-electron chi connectivity index (χ0n) is 9.01. The number of benzene rings is 1. The van der Waals surface area contributed by atoms with Gasteiger partial charge in [0.05, 0.1) is 29.3 Å². The van der Waals surface area contributed by atoms with E-state index in [1.54, 1.807) is 13.2 Å². The van der Waals surface area contributed by atoms with Crippen molar-refractivity contribution in [2.24, 2.45) is 0 Å². The lowest BCUT2D eigenvalue weighted by atomic mass is 10.1. The number of rotatable bonds is 3. The Labute approximate surface area is 107 Å². The predicted molar refractivity (Wildman–Crippen MR) is 65.4 cm³/mol. The lowest BCUT2D eigenvalue weighted by Gasteiger charge is -2.19. The van der Waals surface area contributed by atoms with Gasteiger partial charge in [0.15, 0.2) is 11.5 Å². The van der Waals surface area contributed by atoms with Gasteiger partial charge in [-0.1, -0.05) is 11.6 Å². The minimum Gasteiger partial charge on any atom is -0.492 e. The Morgan fingerprint density at radius 3 is 2.31 bits per heavy atom. The molecule has 0 bridgehead atoms. The topological polar surface area (TPSA) is 38.7 Å². The summed E-state index contributed by atoms with van der Waals surface area (Å²) < 4.78 is 11.3. The third-order valence-corrected chi connectivity index (χ3v) is 3.63. The minimum atomic E-state index is -0.851. The largest absolute Gasteiger partial charge is 0.492 e. The Balaban J connectivity index is 2.66. The SMILES string of the molecule is COc1c(Br)cc(Cl)c(C2(O)CC2)c1OC. The molecule has 1 N–H and O–H groups in total. The highest BCUT2D eigenvalue weighted by Crippen LogP contribution is 2.55. The van der Waals surface area contributed by atoms with Crippen LogP contribution in [0.5, 0.6) is 11.5 Å². The van der Waals surface area contributed by atoms with E-state index in [2.05, 4.69) is 15.9 Å². The average Bonchev–Trinajstić information content (AvgIpc) is 2.95. The molecule has 16 heavy (non-hydrogen) atoms. The maximum absolute atomic E-state index is 10.2. The smallest absolute Gasteiger partial charge is 0.175 e. The molecule has 1 aromatic rings. The van der Waals surface area contributed by atoms with Gasteiger partial charge in [0, 0.05) is 5.56 Å². The number of methoxy groups -OCH3 is 2. The van der Waals surface area contributed by atoms with Crippen molar-refractivity contribution in [2.45, 2.75) is 18.4 Å². The zero-order chi connectivity index (χ0) is 11.9. The first-order chi connectivity index (χ1) is 7.53. The Kier molecular flexibility index (Phi) is 3.07. The fraction of sp³-hybridized carbons (Fsp3) is 0.455.